The maximum Gasteiger partial charge on any atom is 0.258 e. The summed E-state index contributed by atoms with van der Waals surface area (Å²) in [7, 11) is 0. The van der Waals surface area contributed by atoms with Crippen molar-refractivity contribution < 1.29 is 4.79 Å². The predicted molar refractivity (Wildman–Crippen MR) is 129 cm³/mol. The molecule has 0 aliphatic carbocycles. The molecule has 4 aromatic rings. The molecule has 31 heavy (non-hydrogen) atoms. The standard InChI is InChI=1S/C28H28N2O/c1-4-30-26(20(2)3)25(28(31)29-23-18-12-7-13-19-23)24(21-14-8-5-9-15-21)27(30)22-16-10-6-11-17-22/h5-20H,4H2,1-3H3,(H,29,31). The first-order chi connectivity index (χ1) is 15.1. The number of aromatic nitrogens is 1. The molecule has 0 bridgehead atoms. The van der Waals surface area contributed by atoms with E-state index in [0.29, 0.717) is 0 Å². The minimum Gasteiger partial charge on any atom is -0.343 e. The molecule has 0 spiro atoms. The van der Waals surface area contributed by atoms with E-state index < -0.39 is 0 Å². The summed E-state index contributed by atoms with van der Waals surface area (Å²) < 4.78 is 2.31. The van der Waals surface area contributed by atoms with Gasteiger partial charge < -0.3 is 9.88 Å². The summed E-state index contributed by atoms with van der Waals surface area (Å²) in [5, 5.41) is 3.13. The highest BCUT2D eigenvalue weighted by Crippen LogP contribution is 2.42. The molecule has 3 heteroatoms. The molecule has 1 N–H and O–H groups in total. The second-order valence-electron chi connectivity index (χ2n) is 7.94. The molecule has 3 nitrogen and oxygen atoms in total. The van der Waals surface area contributed by atoms with Crippen LogP contribution in [0, 0.1) is 0 Å². The van der Waals surface area contributed by atoms with Crippen LogP contribution in [0.2, 0.25) is 0 Å². The van der Waals surface area contributed by atoms with Crippen molar-refractivity contribution in [1.82, 2.24) is 4.57 Å². The Kier molecular flexibility index (Phi) is 6.03. The number of amides is 1. The van der Waals surface area contributed by atoms with E-state index in [2.05, 4.69) is 67.1 Å². The quantitative estimate of drug-likeness (QED) is 0.359. The summed E-state index contributed by atoms with van der Waals surface area (Å²) in [5.74, 6) is 0.120. The number of benzene rings is 3. The molecule has 1 heterocycles. The van der Waals surface area contributed by atoms with E-state index in [4.69, 9.17) is 0 Å². The van der Waals surface area contributed by atoms with Gasteiger partial charge in [-0.15, -0.1) is 0 Å². The van der Waals surface area contributed by atoms with Crippen molar-refractivity contribution in [2.45, 2.75) is 33.2 Å². The van der Waals surface area contributed by atoms with Crippen LogP contribution in [0.3, 0.4) is 0 Å². The molecular weight excluding hydrogens is 380 g/mol. The van der Waals surface area contributed by atoms with Gasteiger partial charge in [-0.05, 0) is 36.1 Å². The summed E-state index contributed by atoms with van der Waals surface area (Å²) in [6.45, 7) is 7.25. The number of nitrogens with one attached hydrogen (secondary N) is 1. The Balaban J connectivity index is 2.02. The summed E-state index contributed by atoms with van der Waals surface area (Å²) in [6.07, 6.45) is 0. The number of hydrogen-bond donors (Lipinski definition) is 1. The summed E-state index contributed by atoms with van der Waals surface area (Å²) in [5.41, 5.74) is 6.87. The first-order valence-corrected chi connectivity index (χ1v) is 10.9. The molecule has 4 rings (SSSR count). The van der Waals surface area contributed by atoms with Crippen molar-refractivity contribution in [2.24, 2.45) is 0 Å². The van der Waals surface area contributed by atoms with Crippen molar-refractivity contribution in [2.75, 3.05) is 5.32 Å². The second kappa shape index (κ2) is 9.05. The molecule has 0 radical (unpaired) electrons. The van der Waals surface area contributed by atoms with Crippen LogP contribution in [0.1, 0.15) is 42.7 Å². The molecule has 0 aliphatic heterocycles. The Labute approximate surface area is 184 Å². The van der Waals surface area contributed by atoms with E-state index in [1.165, 1.54) is 0 Å². The maximum absolute atomic E-state index is 13.7. The van der Waals surface area contributed by atoms with Gasteiger partial charge in [-0.25, -0.2) is 0 Å². The summed E-state index contributed by atoms with van der Waals surface area (Å²) in [4.78, 5) is 13.7. The minimum atomic E-state index is -0.0712. The normalized spacial score (nSPS) is 11.0. The first-order valence-electron chi connectivity index (χ1n) is 10.9. The smallest absolute Gasteiger partial charge is 0.258 e. The van der Waals surface area contributed by atoms with Crippen molar-refractivity contribution in [3.8, 4) is 22.4 Å². The number of carbonyl (C=O) groups is 1. The van der Waals surface area contributed by atoms with Gasteiger partial charge in [0.2, 0.25) is 0 Å². The molecule has 0 unspecified atom stereocenters. The van der Waals surface area contributed by atoms with Gasteiger partial charge in [0.1, 0.15) is 0 Å². The fourth-order valence-corrected chi connectivity index (χ4v) is 4.29. The Hall–Kier alpha value is -3.59. The van der Waals surface area contributed by atoms with Gasteiger partial charge in [-0.1, -0.05) is 92.7 Å². The Morgan fingerprint density at radius 1 is 0.806 bits per heavy atom. The van der Waals surface area contributed by atoms with Gasteiger partial charge in [0.25, 0.3) is 5.91 Å². The van der Waals surface area contributed by atoms with Gasteiger partial charge in [-0.3, -0.25) is 4.79 Å². The number of para-hydroxylation sites is 1. The third kappa shape index (κ3) is 4.04. The summed E-state index contributed by atoms with van der Waals surface area (Å²) >= 11 is 0. The maximum atomic E-state index is 13.7. The first kappa shape index (κ1) is 20.7. The highest BCUT2D eigenvalue weighted by molar-refractivity contribution is 6.12. The average molecular weight is 409 g/mol. The fourth-order valence-electron chi connectivity index (χ4n) is 4.29. The topological polar surface area (TPSA) is 34.0 Å². The summed E-state index contributed by atoms with van der Waals surface area (Å²) in [6, 6.07) is 30.3. The number of carbonyl (C=O) groups excluding carboxylic acids is 1. The van der Waals surface area contributed by atoms with Crippen LogP contribution >= 0.6 is 0 Å². The number of anilines is 1. The average Bonchev–Trinajstić information content (AvgIpc) is 3.16. The van der Waals surface area contributed by atoms with Crippen LogP contribution in [0.15, 0.2) is 91.0 Å². The third-order valence-corrected chi connectivity index (χ3v) is 5.54. The van der Waals surface area contributed by atoms with Crippen LogP contribution in [-0.4, -0.2) is 10.5 Å². The van der Waals surface area contributed by atoms with Crippen LogP contribution < -0.4 is 5.32 Å². The molecule has 0 saturated carbocycles. The molecular formula is C28H28N2O. The lowest BCUT2D eigenvalue weighted by molar-refractivity contribution is 0.102. The molecule has 0 atom stereocenters. The Morgan fingerprint density at radius 2 is 1.32 bits per heavy atom. The van der Waals surface area contributed by atoms with Crippen LogP contribution in [0.25, 0.3) is 22.4 Å². The lowest BCUT2D eigenvalue weighted by atomic mass is 9.94. The molecule has 1 amide bonds. The SMILES string of the molecule is CCn1c(-c2ccccc2)c(-c2ccccc2)c(C(=O)Nc2ccccc2)c1C(C)C. The molecule has 0 aliphatic rings. The molecule has 3 aromatic carbocycles. The zero-order valence-corrected chi connectivity index (χ0v) is 18.3. The third-order valence-electron chi connectivity index (χ3n) is 5.54. The van der Waals surface area contributed by atoms with Crippen LogP contribution in [-0.2, 0) is 6.54 Å². The van der Waals surface area contributed by atoms with Crippen molar-refractivity contribution >= 4 is 11.6 Å². The molecule has 156 valence electrons. The molecule has 0 fully saturated rings. The zero-order valence-electron chi connectivity index (χ0n) is 18.3. The van der Waals surface area contributed by atoms with Crippen LogP contribution in [0.4, 0.5) is 5.69 Å². The van der Waals surface area contributed by atoms with E-state index in [1.54, 1.807) is 0 Å². The Bertz CT molecular complexity index is 1160. The van der Waals surface area contributed by atoms with E-state index >= 15 is 0 Å². The van der Waals surface area contributed by atoms with E-state index in [-0.39, 0.29) is 11.8 Å². The number of hydrogen-bond acceptors (Lipinski definition) is 1. The predicted octanol–water partition coefficient (Wildman–Crippen LogP) is 7.22. The number of nitrogens with zero attached hydrogens (tertiary/aromatic N) is 1. The number of rotatable bonds is 6. The van der Waals surface area contributed by atoms with Gasteiger partial charge in [-0.2, -0.15) is 0 Å². The molecule has 0 saturated heterocycles. The van der Waals surface area contributed by atoms with Gasteiger partial charge >= 0.3 is 0 Å². The lowest BCUT2D eigenvalue weighted by Crippen LogP contribution is -2.16. The van der Waals surface area contributed by atoms with E-state index in [1.807, 2.05) is 54.6 Å². The molecule has 1 aromatic heterocycles. The van der Waals surface area contributed by atoms with Crippen molar-refractivity contribution in [3.63, 3.8) is 0 Å². The van der Waals surface area contributed by atoms with Crippen LogP contribution in [0.5, 0.6) is 0 Å². The van der Waals surface area contributed by atoms with Gasteiger partial charge in [0, 0.05) is 23.5 Å². The fraction of sp³-hybridized carbons (Fsp3) is 0.179. The van der Waals surface area contributed by atoms with Gasteiger partial charge in [0.15, 0.2) is 0 Å². The van der Waals surface area contributed by atoms with Crippen molar-refractivity contribution in [1.29, 1.82) is 0 Å². The monoisotopic (exact) mass is 408 g/mol. The van der Waals surface area contributed by atoms with E-state index in [0.717, 1.165) is 45.9 Å². The van der Waals surface area contributed by atoms with Crippen molar-refractivity contribution in [3.05, 3.63) is 102 Å². The zero-order chi connectivity index (χ0) is 21.8. The Morgan fingerprint density at radius 3 is 1.84 bits per heavy atom. The second-order valence-corrected chi connectivity index (χ2v) is 7.94. The lowest BCUT2D eigenvalue weighted by Gasteiger charge is -2.15. The highest BCUT2D eigenvalue weighted by atomic mass is 16.1. The van der Waals surface area contributed by atoms with Gasteiger partial charge in [0.05, 0.1) is 11.3 Å². The minimum absolute atomic E-state index is 0.0712. The largest absolute Gasteiger partial charge is 0.343 e. The van der Waals surface area contributed by atoms with E-state index in [9.17, 15) is 4.79 Å². The highest BCUT2D eigenvalue weighted by Gasteiger charge is 2.29.